The zero-order valence-corrected chi connectivity index (χ0v) is 17.2. The normalized spacial score (nSPS) is 15.5. The van der Waals surface area contributed by atoms with E-state index in [9.17, 15) is 9.59 Å². The molecule has 1 atom stereocenters. The first-order valence-corrected chi connectivity index (χ1v) is 10.1. The van der Waals surface area contributed by atoms with Crippen LogP contribution in [0.2, 0.25) is 0 Å². The highest BCUT2D eigenvalue weighted by atomic mass is 16.2. The average molecular weight is 403 g/mol. The summed E-state index contributed by atoms with van der Waals surface area (Å²) in [5, 5.41) is 2.88. The topological polar surface area (TPSA) is 80.1 Å². The molecule has 3 heterocycles. The molecule has 1 aliphatic heterocycles. The minimum atomic E-state index is -0.155. The number of aryl methyl sites for hydroxylation is 1. The molecule has 154 valence electrons. The van der Waals surface area contributed by atoms with E-state index in [1.807, 2.05) is 72.0 Å². The number of aromatic nitrogens is 3. The fourth-order valence-electron chi connectivity index (χ4n) is 3.77. The third-order valence-electron chi connectivity index (χ3n) is 5.34. The van der Waals surface area contributed by atoms with Crippen LogP contribution in [0.3, 0.4) is 0 Å². The Morgan fingerprint density at radius 2 is 2.00 bits per heavy atom. The highest BCUT2D eigenvalue weighted by molar-refractivity contribution is 5.94. The SMILES string of the molecule is Cc1cccc(C(=O)N2CCn3cc(CC(=O)NCc4ccccn4)nc3C2C)c1. The number of imidazole rings is 1. The number of hydrogen-bond acceptors (Lipinski definition) is 4. The first-order chi connectivity index (χ1) is 14.5. The molecule has 0 saturated heterocycles. The molecule has 0 fully saturated rings. The van der Waals surface area contributed by atoms with Crippen LogP contribution >= 0.6 is 0 Å². The minimum absolute atomic E-state index is 0.00936. The van der Waals surface area contributed by atoms with E-state index < -0.39 is 0 Å². The monoisotopic (exact) mass is 403 g/mol. The summed E-state index contributed by atoms with van der Waals surface area (Å²) in [6.45, 7) is 5.63. The van der Waals surface area contributed by atoms with E-state index in [1.54, 1.807) is 6.20 Å². The van der Waals surface area contributed by atoms with Gasteiger partial charge in [-0.3, -0.25) is 14.6 Å². The zero-order chi connectivity index (χ0) is 21.1. The number of benzene rings is 1. The quantitative estimate of drug-likeness (QED) is 0.710. The van der Waals surface area contributed by atoms with E-state index in [1.165, 1.54) is 0 Å². The molecule has 0 radical (unpaired) electrons. The van der Waals surface area contributed by atoms with Gasteiger partial charge in [-0.15, -0.1) is 0 Å². The number of pyridine rings is 1. The molecule has 0 bridgehead atoms. The number of amides is 2. The van der Waals surface area contributed by atoms with Gasteiger partial charge in [0.2, 0.25) is 5.91 Å². The van der Waals surface area contributed by atoms with E-state index >= 15 is 0 Å². The molecule has 1 unspecified atom stereocenters. The Kier molecular flexibility index (Phi) is 5.61. The van der Waals surface area contributed by atoms with Gasteiger partial charge in [0.15, 0.2) is 0 Å². The van der Waals surface area contributed by atoms with E-state index in [2.05, 4.69) is 15.3 Å². The van der Waals surface area contributed by atoms with Crippen molar-refractivity contribution < 1.29 is 9.59 Å². The number of fused-ring (bicyclic) bond motifs is 1. The summed E-state index contributed by atoms with van der Waals surface area (Å²) in [7, 11) is 0. The van der Waals surface area contributed by atoms with Crippen molar-refractivity contribution in [1.82, 2.24) is 24.8 Å². The van der Waals surface area contributed by atoms with Gasteiger partial charge in [-0.1, -0.05) is 23.8 Å². The van der Waals surface area contributed by atoms with Crippen LogP contribution in [0, 0.1) is 6.92 Å². The van der Waals surface area contributed by atoms with Gasteiger partial charge in [0.05, 0.1) is 30.4 Å². The molecule has 1 aromatic carbocycles. The smallest absolute Gasteiger partial charge is 0.254 e. The maximum absolute atomic E-state index is 13.0. The number of carbonyl (C=O) groups is 2. The summed E-state index contributed by atoms with van der Waals surface area (Å²) in [6, 6.07) is 13.1. The molecule has 30 heavy (non-hydrogen) atoms. The van der Waals surface area contributed by atoms with Gasteiger partial charge in [-0.05, 0) is 38.1 Å². The molecular weight excluding hydrogens is 378 g/mol. The third kappa shape index (κ3) is 4.25. The van der Waals surface area contributed by atoms with E-state index in [4.69, 9.17) is 0 Å². The highest BCUT2D eigenvalue weighted by Crippen LogP contribution is 2.26. The van der Waals surface area contributed by atoms with Crippen LogP contribution in [0.15, 0.2) is 54.9 Å². The molecule has 2 aromatic heterocycles. The maximum atomic E-state index is 13.0. The summed E-state index contributed by atoms with van der Waals surface area (Å²) < 4.78 is 2.05. The predicted molar refractivity (Wildman–Crippen MR) is 113 cm³/mol. The highest BCUT2D eigenvalue weighted by Gasteiger charge is 2.30. The van der Waals surface area contributed by atoms with Gasteiger partial charge in [-0.2, -0.15) is 0 Å². The second kappa shape index (κ2) is 8.49. The average Bonchev–Trinajstić information content (AvgIpc) is 3.16. The lowest BCUT2D eigenvalue weighted by atomic mass is 10.1. The van der Waals surface area contributed by atoms with Gasteiger partial charge in [0.25, 0.3) is 5.91 Å². The second-order valence-corrected chi connectivity index (χ2v) is 7.60. The molecule has 1 N–H and O–H groups in total. The van der Waals surface area contributed by atoms with Crippen molar-refractivity contribution >= 4 is 11.8 Å². The maximum Gasteiger partial charge on any atom is 0.254 e. The lowest BCUT2D eigenvalue weighted by molar-refractivity contribution is -0.120. The van der Waals surface area contributed by atoms with Crippen molar-refractivity contribution in [3.63, 3.8) is 0 Å². The summed E-state index contributed by atoms with van der Waals surface area (Å²) in [6.07, 6.45) is 3.82. The number of hydrogen-bond donors (Lipinski definition) is 1. The molecule has 3 aromatic rings. The van der Waals surface area contributed by atoms with Crippen LogP contribution in [-0.4, -0.2) is 37.8 Å². The first-order valence-electron chi connectivity index (χ1n) is 10.1. The molecular formula is C23H25N5O2. The summed E-state index contributed by atoms with van der Waals surface area (Å²) in [5.41, 5.74) is 3.27. The van der Waals surface area contributed by atoms with Crippen molar-refractivity contribution in [2.75, 3.05) is 6.54 Å². The Hall–Kier alpha value is -3.48. The molecule has 0 aliphatic carbocycles. The minimum Gasteiger partial charge on any atom is -0.350 e. The lowest BCUT2D eigenvalue weighted by Gasteiger charge is -2.33. The van der Waals surface area contributed by atoms with Crippen molar-refractivity contribution in [2.24, 2.45) is 0 Å². The Morgan fingerprint density at radius 3 is 2.77 bits per heavy atom. The van der Waals surface area contributed by atoms with Crippen LogP contribution in [0.1, 0.15) is 46.1 Å². The Labute approximate surface area is 175 Å². The van der Waals surface area contributed by atoms with Gasteiger partial charge in [-0.25, -0.2) is 4.98 Å². The number of nitrogens with one attached hydrogen (secondary N) is 1. The van der Waals surface area contributed by atoms with Crippen LogP contribution in [0.4, 0.5) is 0 Å². The molecule has 4 rings (SSSR count). The van der Waals surface area contributed by atoms with Gasteiger partial charge < -0.3 is 14.8 Å². The molecule has 0 saturated carbocycles. The zero-order valence-electron chi connectivity index (χ0n) is 17.2. The van der Waals surface area contributed by atoms with Crippen LogP contribution in [-0.2, 0) is 24.3 Å². The molecule has 0 spiro atoms. The Balaban J connectivity index is 1.42. The summed E-state index contributed by atoms with van der Waals surface area (Å²) in [4.78, 5) is 36.0. The standard InChI is InChI=1S/C23H25N5O2/c1-16-6-5-7-18(12-16)23(30)28-11-10-27-15-20(26-22(27)17(28)2)13-21(29)25-14-19-8-3-4-9-24-19/h3-9,12,15,17H,10-11,13-14H2,1-2H3,(H,25,29). The predicted octanol–water partition coefficient (Wildman–Crippen LogP) is 2.66. The van der Waals surface area contributed by atoms with Crippen molar-refractivity contribution in [1.29, 1.82) is 0 Å². The number of nitrogens with zero attached hydrogens (tertiary/aromatic N) is 4. The van der Waals surface area contributed by atoms with Crippen molar-refractivity contribution in [3.8, 4) is 0 Å². The van der Waals surface area contributed by atoms with E-state index in [-0.39, 0.29) is 24.3 Å². The van der Waals surface area contributed by atoms with E-state index in [0.717, 1.165) is 17.1 Å². The van der Waals surface area contributed by atoms with Crippen LogP contribution < -0.4 is 5.32 Å². The Bertz CT molecular complexity index is 1060. The van der Waals surface area contributed by atoms with Gasteiger partial charge in [0.1, 0.15) is 5.82 Å². The fourth-order valence-corrected chi connectivity index (χ4v) is 3.77. The van der Waals surface area contributed by atoms with Gasteiger partial charge >= 0.3 is 0 Å². The molecule has 2 amide bonds. The lowest BCUT2D eigenvalue weighted by Crippen LogP contribution is -2.41. The van der Waals surface area contributed by atoms with Crippen LogP contribution in [0.5, 0.6) is 0 Å². The number of rotatable bonds is 5. The van der Waals surface area contributed by atoms with Crippen molar-refractivity contribution in [3.05, 3.63) is 83.2 Å². The molecule has 7 heteroatoms. The largest absolute Gasteiger partial charge is 0.350 e. The van der Waals surface area contributed by atoms with Crippen LogP contribution in [0.25, 0.3) is 0 Å². The molecule has 7 nitrogen and oxygen atoms in total. The Morgan fingerprint density at radius 1 is 1.13 bits per heavy atom. The van der Waals surface area contributed by atoms with Crippen molar-refractivity contribution in [2.45, 2.75) is 39.4 Å². The number of carbonyl (C=O) groups excluding carboxylic acids is 2. The first kappa shape index (κ1) is 19.8. The third-order valence-corrected chi connectivity index (χ3v) is 5.34. The van der Waals surface area contributed by atoms with Gasteiger partial charge in [0, 0.05) is 31.0 Å². The fraction of sp³-hybridized carbons (Fsp3) is 0.304. The summed E-state index contributed by atoms with van der Waals surface area (Å²) >= 11 is 0. The van der Waals surface area contributed by atoms with E-state index in [0.29, 0.717) is 30.9 Å². The second-order valence-electron chi connectivity index (χ2n) is 7.60. The molecule has 1 aliphatic rings. The summed E-state index contributed by atoms with van der Waals surface area (Å²) in [5.74, 6) is 0.723.